The zero-order valence-electron chi connectivity index (χ0n) is 12.2. The maximum absolute atomic E-state index is 4.29. The van der Waals surface area contributed by atoms with Gasteiger partial charge in [0.2, 0.25) is 0 Å². The summed E-state index contributed by atoms with van der Waals surface area (Å²) in [5.41, 5.74) is 2.72. The highest BCUT2D eigenvalue weighted by atomic mass is 15.2. The molecule has 1 saturated carbocycles. The molecule has 1 aromatic heterocycles. The van der Waals surface area contributed by atoms with Crippen LogP contribution < -0.4 is 0 Å². The van der Waals surface area contributed by atoms with Crippen molar-refractivity contribution in [2.24, 2.45) is 7.05 Å². The summed E-state index contributed by atoms with van der Waals surface area (Å²) in [5, 5.41) is 4.29. The summed E-state index contributed by atoms with van der Waals surface area (Å²) in [7, 11) is 1.99. The normalized spacial score (nSPS) is 16.1. The largest absolute Gasteiger partial charge is 0.292 e. The number of aryl methyl sites for hydroxylation is 1. The van der Waals surface area contributed by atoms with Crippen molar-refractivity contribution in [3.63, 3.8) is 0 Å². The van der Waals surface area contributed by atoms with Crippen molar-refractivity contribution in [2.75, 3.05) is 0 Å². The minimum atomic E-state index is 0.732. The second kappa shape index (κ2) is 6.23. The predicted molar refractivity (Wildman–Crippen MR) is 81.2 cm³/mol. The Hall–Kier alpha value is -1.61. The molecule has 0 bridgehead atoms. The van der Waals surface area contributed by atoms with Crippen LogP contribution in [-0.4, -0.2) is 20.7 Å². The van der Waals surface area contributed by atoms with Gasteiger partial charge in [-0.1, -0.05) is 43.2 Å². The maximum atomic E-state index is 4.29. The van der Waals surface area contributed by atoms with E-state index in [0.29, 0.717) is 0 Å². The molecule has 2 aromatic rings. The lowest BCUT2D eigenvalue weighted by atomic mass is 10.1. The summed E-state index contributed by atoms with van der Waals surface area (Å²) in [4.78, 5) is 2.62. The van der Waals surface area contributed by atoms with Crippen LogP contribution >= 0.6 is 0 Å². The summed E-state index contributed by atoms with van der Waals surface area (Å²) in [6, 6.07) is 11.5. The maximum Gasteiger partial charge on any atom is 0.0534 e. The highest BCUT2D eigenvalue weighted by molar-refractivity contribution is 5.15. The van der Waals surface area contributed by atoms with E-state index in [0.717, 1.165) is 19.1 Å². The van der Waals surface area contributed by atoms with Gasteiger partial charge < -0.3 is 0 Å². The number of hydrogen-bond donors (Lipinski definition) is 0. The first kappa shape index (κ1) is 13.4. The third-order valence-corrected chi connectivity index (χ3v) is 4.21. The van der Waals surface area contributed by atoms with Crippen molar-refractivity contribution < 1.29 is 0 Å². The predicted octanol–water partition coefficient (Wildman–Crippen LogP) is 3.36. The molecule has 1 aliphatic rings. The number of benzene rings is 1. The Balaban J connectivity index is 1.73. The van der Waals surface area contributed by atoms with Crippen molar-refractivity contribution in [2.45, 2.75) is 44.8 Å². The fourth-order valence-corrected chi connectivity index (χ4v) is 3.19. The van der Waals surface area contributed by atoms with Gasteiger partial charge in [-0.3, -0.25) is 9.58 Å². The van der Waals surface area contributed by atoms with Crippen molar-refractivity contribution in [3.05, 3.63) is 53.9 Å². The van der Waals surface area contributed by atoms with Gasteiger partial charge in [-0.25, -0.2) is 0 Å². The summed E-state index contributed by atoms with van der Waals surface area (Å²) >= 11 is 0. The van der Waals surface area contributed by atoms with Crippen molar-refractivity contribution in [1.29, 1.82) is 0 Å². The summed E-state index contributed by atoms with van der Waals surface area (Å²) in [5.74, 6) is 0. The fraction of sp³-hybridized carbons (Fsp3) is 0.471. The lowest BCUT2D eigenvalue weighted by Gasteiger charge is -2.28. The van der Waals surface area contributed by atoms with Gasteiger partial charge in [0.25, 0.3) is 0 Å². The molecule has 1 heterocycles. The molecule has 0 saturated heterocycles. The highest BCUT2D eigenvalue weighted by Crippen LogP contribution is 2.26. The van der Waals surface area contributed by atoms with Crippen molar-refractivity contribution in [1.82, 2.24) is 14.7 Å². The van der Waals surface area contributed by atoms with Gasteiger partial charge in [0.15, 0.2) is 0 Å². The van der Waals surface area contributed by atoms with Gasteiger partial charge in [-0.05, 0) is 18.4 Å². The Morgan fingerprint density at radius 1 is 1.10 bits per heavy atom. The lowest BCUT2D eigenvalue weighted by molar-refractivity contribution is 0.180. The summed E-state index contributed by atoms with van der Waals surface area (Å²) < 4.78 is 1.89. The molecule has 1 aromatic carbocycles. The van der Waals surface area contributed by atoms with Gasteiger partial charge in [0, 0.05) is 37.9 Å². The van der Waals surface area contributed by atoms with Crippen LogP contribution in [0.3, 0.4) is 0 Å². The van der Waals surface area contributed by atoms with E-state index in [-0.39, 0.29) is 0 Å². The monoisotopic (exact) mass is 269 g/mol. The molecule has 20 heavy (non-hydrogen) atoms. The second-order valence-corrected chi connectivity index (χ2v) is 5.85. The smallest absolute Gasteiger partial charge is 0.0534 e. The third-order valence-electron chi connectivity index (χ3n) is 4.21. The number of aromatic nitrogens is 2. The third kappa shape index (κ3) is 3.28. The molecule has 0 aliphatic heterocycles. The Morgan fingerprint density at radius 3 is 2.45 bits per heavy atom. The van der Waals surface area contributed by atoms with Gasteiger partial charge >= 0.3 is 0 Å². The first-order chi connectivity index (χ1) is 9.81. The van der Waals surface area contributed by atoms with Gasteiger partial charge in [0.05, 0.1) is 6.20 Å². The van der Waals surface area contributed by atoms with Crippen LogP contribution in [-0.2, 0) is 20.1 Å². The van der Waals surface area contributed by atoms with E-state index in [1.807, 2.05) is 17.9 Å². The van der Waals surface area contributed by atoms with Crippen LogP contribution in [0.2, 0.25) is 0 Å². The minimum absolute atomic E-state index is 0.732. The Bertz CT molecular complexity index is 526. The van der Waals surface area contributed by atoms with Crippen LogP contribution in [0, 0.1) is 0 Å². The molecule has 106 valence electrons. The van der Waals surface area contributed by atoms with Crippen LogP contribution in [0.15, 0.2) is 42.7 Å². The van der Waals surface area contributed by atoms with Crippen LogP contribution in [0.25, 0.3) is 0 Å². The first-order valence-electron chi connectivity index (χ1n) is 7.57. The molecule has 3 nitrogen and oxygen atoms in total. The molecule has 0 radical (unpaired) electrons. The van der Waals surface area contributed by atoms with E-state index >= 15 is 0 Å². The Kier molecular flexibility index (Phi) is 4.16. The molecular weight excluding hydrogens is 246 g/mol. The highest BCUT2D eigenvalue weighted by Gasteiger charge is 2.23. The molecular formula is C17H23N3. The van der Waals surface area contributed by atoms with Crippen LogP contribution in [0.5, 0.6) is 0 Å². The molecule has 0 spiro atoms. The van der Waals surface area contributed by atoms with Crippen molar-refractivity contribution >= 4 is 0 Å². The number of nitrogens with zero attached hydrogens (tertiary/aromatic N) is 3. The van der Waals surface area contributed by atoms with E-state index < -0.39 is 0 Å². The number of rotatable bonds is 5. The van der Waals surface area contributed by atoms with E-state index in [4.69, 9.17) is 0 Å². The molecule has 3 rings (SSSR count). The molecule has 0 atom stereocenters. The van der Waals surface area contributed by atoms with E-state index in [1.165, 1.54) is 36.8 Å². The van der Waals surface area contributed by atoms with Crippen LogP contribution in [0.4, 0.5) is 0 Å². The minimum Gasteiger partial charge on any atom is -0.292 e. The van der Waals surface area contributed by atoms with E-state index in [9.17, 15) is 0 Å². The summed E-state index contributed by atoms with van der Waals surface area (Å²) in [6.07, 6.45) is 9.56. The van der Waals surface area contributed by atoms with Crippen molar-refractivity contribution in [3.8, 4) is 0 Å². The molecule has 1 aliphatic carbocycles. The topological polar surface area (TPSA) is 21.1 Å². The van der Waals surface area contributed by atoms with Crippen LogP contribution in [0.1, 0.15) is 36.8 Å². The molecule has 0 N–H and O–H groups in total. The molecule has 0 unspecified atom stereocenters. The van der Waals surface area contributed by atoms with E-state index in [1.54, 1.807) is 0 Å². The van der Waals surface area contributed by atoms with Gasteiger partial charge in [0.1, 0.15) is 0 Å². The second-order valence-electron chi connectivity index (χ2n) is 5.85. The quantitative estimate of drug-likeness (QED) is 0.830. The zero-order valence-corrected chi connectivity index (χ0v) is 12.2. The Labute approximate surface area is 121 Å². The average Bonchev–Trinajstić information content (AvgIpc) is 3.11. The summed E-state index contributed by atoms with van der Waals surface area (Å²) in [6.45, 7) is 2.05. The fourth-order valence-electron chi connectivity index (χ4n) is 3.19. The van der Waals surface area contributed by atoms with Gasteiger partial charge in [-0.2, -0.15) is 5.10 Å². The standard InChI is InChI=1S/C17H23N3/c1-19-12-16(11-18-19)14-20(17-9-5-6-10-17)13-15-7-3-2-4-8-15/h2-4,7-8,11-12,17H,5-6,9-10,13-14H2,1H3. The molecule has 3 heteroatoms. The SMILES string of the molecule is Cn1cc(CN(Cc2ccccc2)C2CCCC2)cn1. The molecule has 0 amide bonds. The number of hydrogen-bond acceptors (Lipinski definition) is 2. The average molecular weight is 269 g/mol. The van der Waals surface area contributed by atoms with Gasteiger partial charge in [-0.15, -0.1) is 0 Å². The van der Waals surface area contributed by atoms with E-state index in [2.05, 4.69) is 46.5 Å². The first-order valence-corrected chi connectivity index (χ1v) is 7.57. The lowest BCUT2D eigenvalue weighted by Crippen LogP contribution is -2.32. The zero-order chi connectivity index (χ0) is 13.8. The molecule has 1 fully saturated rings. The Morgan fingerprint density at radius 2 is 1.80 bits per heavy atom.